The van der Waals surface area contributed by atoms with Crippen molar-refractivity contribution in [3.63, 3.8) is 0 Å². The second-order valence-corrected chi connectivity index (χ2v) is 9.44. The fourth-order valence-corrected chi connectivity index (χ4v) is 5.47. The van der Waals surface area contributed by atoms with E-state index in [1.807, 2.05) is 18.3 Å². The zero-order valence-corrected chi connectivity index (χ0v) is 19.1. The zero-order valence-electron chi connectivity index (χ0n) is 18.3. The normalized spacial score (nSPS) is 15.6. The summed E-state index contributed by atoms with van der Waals surface area (Å²) in [5, 5.41) is 18.5. The molecule has 10 heteroatoms. The fraction of sp³-hybridized carbons (Fsp3) is 0.391. The average molecular weight is 466 g/mol. The molecule has 5 rings (SSSR count). The number of hydrogen-bond donors (Lipinski definition) is 4. The number of aromatic nitrogens is 2. The lowest BCUT2D eigenvalue weighted by molar-refractivity contribution is -0.122. The minimum Gasteiger partial charge on any atom is -0.396 e. The molecule has 3 aromatic rings. The van der Waals surface area contributed by atoms with Gasteiger partial charge in [-0.15, -0.1) is 11.3 Å². The Balaban J connectivity index is 1.23. The number of nitrogens with zero attached hydrogens (tertiary/aromatic N) is 4. The molecule has 2 aliphatic rings. The van der Waals surface area contributed by atoms with E-state index >= 15 is 0 Å². The second-order valence-electron chi connectivity index (χ2n) is 8.35. The van der Waals surface area contributed by atoms with Gasteiger partial charge in [0.25, 0.3) is 0 Å². The summed E-state index contributed by atoms with van der Waals surface area (Å²) in [6.45, 7) is 3.24. The molecule has 33 heavy (non-hydrogen) atoms. The van der Waals surface area contributed by atoms with Crippen molar-refractivity contribution in [3.8, 4) is 0 Å². The molecule has 9 nitrogen and oxygen atoms in total. The van der Waals surface area contributed by atoms with Crippen molar-refractivity contribution in [1.82, 2.24) is 20.2 Å². The van der Waals surface area contributed by atoms with E-state index in [1.165, 1.54) is 10.4 Å². The van der Waals surface area contributed by atoms with Crippen LogP contribution < -0.4 is 26.9 Å². The van der Waals surface area contributed by atoms with Crippen LogP contribution in [0.2, 0.25) is 0 Å². The number of anilines is 2. The molecule has 1 amide bonds. The Kier molecular flexibility index (Phi) is 6.32. The van der Waals surface area contributed by atoms with Crippen LogP contribution in [-0.2, 0) is 17.8 Å². The number of carbonyl (C=O) groups is 1. The monoisotopic (exact) mass is 465 g/mol. The van der Waals surface area contributed by atoms with Gasteiger partial charge in [0.15, 0.2) is 0 Å². The van der Waals surface area contributed by atoms with Crippen LogP contribution in [0.1, 0.15) is 23.3 Å². The summed E-state index contributed by atoms with van der Waals surface area (Å²) in [5.74, 6) is 0.650. The van der Waals surface area contributed by atoms with Crippen LogP contribution in [-0.4, -0.2) is 58.2 Å². The highest BCUT2D eigenvalue weighted by Crippen LogP contribution is 2.37. The average Bonchev–Trinajstić information content (AvgIpc) is 3.17. The summed E-state index contributed by atoms with van der Waals surface area (Å²) < 4.78 is 0. The Labute approximate surface area is 195 Å². The molecule has 0 bridgehead atoms. The summed E-state index contributed by atoms with van der Waals surface area (Å²) in [6.07, 6.45) is 5.57. The van der Waals surface area contributed by atoms with E-state index < -0.39 is 6.04 Å². The van der Waals surface area contributed by atoms with Gasteiger partial charge >= 0.3 is 0 Å². The molecule has 1 aromatic carbocycles. The van der Waals surface area contributed by atoms with Crippen LogP contribution in [0.5, 0.6) is 0 Å². The number of nitrogens with two attached hydrogens (primary N) is 1. The van der Waals surface area contributed by atoms with Crippen LogP contribution in [0.4, 0.5) is 11.5 Å². The molecule has 4 heterocycles. The first-order valence-corrected chi connectivity index (χ1v) is 12.0. The van der Waals surface area contributed by atoms with Gasteiger partial charge in [0.2, 0.25) is 5.91 Å². The van der Waals surface area contributed by atoms with Crippen molar-refractivity contribution < 1.29 is 9.90 Å². The molecule has 0 saturated carbocycles. The summed E-state index contributed by atoms with van der Waals surface area (Å²) in [4.78, 5) is 29.9. The van der Waals surface area contributed by atoms with Crippen LogP contribution in [0.3, 0.4) is 0 Å². The van der Waals surface area contributed by atoms with Crippen molar-refractivity contribution in [2.24, 2.45) is 10.7 Å². The van der Waals surface area contributed by atoms with E-state index in [-0.39, 0.29) is 18.9 Å². The number of rotatable bonds is 9. The number of aliphatic hydroxyl groups is 1. The minimum absolute atomic E-state index is 0.0797. The van der Waals surface area contributed by atoms with E-state index in [0.717, 1.165) is 64.8 Å². The smallest absolute Gasteiger partial charge is 0.237 e. The molecule has 0 aliphatic carbocycles. The SMILES string of the molecule is NC(CCO)C(=O)NCCCN1CCc2c(sc3ncnc(Nc4ccc5c(c4)=CN=5)c23)C1. The largest absolute Gasteiger partial charge is 0.396 e. The van der Waals surface area contributed by atoms with Crippen LogP contribution >= 0.6 is 11.3 Å². The molecular formula is C23H27N7O2S. The quantitative estimate of drug-likeness (QED) is 0.336. The fourth-order valence-electron chi connectivity index (χ4n) is 4.24. The molecule has 2 aromatic heterocycles. The Morgan fingerprint density at radius 2 is 2.24 bits per heavy atom. The van der Waals surface area contributed by atoms with E-state index in [1.54, 1.807) is 17.7 Å². The number of aliphatic hydroxyl groups excluding tert-OH is 1. The standard InChI is InChI=1S/C23H27N7O2S/c24-17(5-9-31)22(32)25-6-1-7-30-8-4-16-19(12-30)33-23-20(16)21(27-13-28-23)29-15-2-3-18-14(10-15)11-26-18/h2-3,10-11,13,17,31H,1,4-9,12,24H2,(H,25,32)(H,27,28,29). The molecule has 0 fully saturated rings. The van der Waals surface area contributed by atoms with Crippen molar-refractivity contribution >= 4 is 45.2 Å². The maximum Gasteiger partial charge on any atom is 0.237 e. The Morgan fingerprint density at radius 1 is 1.33 bits per heavy atom. The van der Waals surface area contributed by atoms with Crippen LogP contribution in [0.25, 0.3) is 16.4 Å². The number of nitrogens with one attached hydrogen (secondary N) is 2. The van der Waals surface area contributed by atoms with Gasteiger partial charge in [0.05, 0.1) is 16.8 Å². The zero-order chi connectivity index (χ0) is 22.8. The highest BCUT2D eigenvalue weighted by molar-refractivity contribution is 7.19. The number of benzene rings is 1. The number of hydrogen-bond acceptors (Lipinski definition) is 9. The summed E-state index contributed by atoms with van der Waals surface area (Å²) >= 11 is 1.73. The summed E-state index contributed by atoms with van der Waals surface area (Å²) in [6, 6.07) is 5.49. The first kappa shape index (κ1) is 21.9. The Hall–Kier alpha value is -2.92. The van der Waals surface area contributed by atoms with Crippen molar-refractivity contribution in [3.05, 3.63) is 45.5 Å². The molecule has 172 valence electrons. The molecule has 0 radical (unpaired) electrons. The summed E-state index contributed by atoms with van der Waals surface area (Å²) in [5.41, 5.74) is 8.05. The first-order chi connectivity index (χ1) is 16.1. The third kappa shape index (κ3) is 4.60. The third-order valence-electron chi connectivity index (χ3n) is 6.08. The van der Waals surface area contributed by atoms with Gasteiger partial charge in [0.1, 0.15) is 17.0 Å². The number of fused-ring (bicyclic) bond motifs is 4. The first-order valence-electron chi connectivity index (χ1n) is 11.2. The van der Waals surface area contributed by atoms with Gasteiger partial charge in [-0.25, -0.2) is 9.97 Å². The van der Waals surface area contributed by atoms with Crippen molar-refractivity contribution in [2.45, 2.75) is 31.8 Å². The molecular weight excluding hydrogens is 438 g/mol. The van der Waals surface area contributed by atoms with Gasteiger partial charge in [-0.3, -0.25) is 14.7 Å². The molecule has 2 aliphatic heterocycles. The highest BCUT2D eigenvalue weighted by Gasteiger charge is 2.24. The van der Waals surface area contributed by atoms with Gasteiger partial charge < -0.3 is 21.5 Å². The topological polar surface area (TPSA) is 129 Å². The third-order valence-corrected chi connectivity index (χ3v) is 7.20. The predicted molar refractivity (Wildman–Crippen MR) is 129 cm³/mol. The maximum atomic E-state index is 11.9. The second kappa shape index (κ2) is 9.52. The molecule has 0 spiro atoms. The van der Waals surface area contributed by atoms with E-state index in [2.05, 4.69) is 36.6 Å². The lowest BCUT2D eigenvalue weighted by Crippen LogP contribution is -2.42. The van der Waals surface area contributed by atoms with E-state index in [4.69, 9.17) is 10.8 Å². The Morgan fingerprint density at radius 3 is 3.03 bits per heavy atom. The van der Waals surface area contributed by atoms with Gasteiger partial charge in [-0.1, -0.05) is 0 Å². The lowest BCUT2D eigenvalue weighted by Gasteiger charge is -2.27. The number of thiophene rings is 1. The predicted octanol–water partition coefficient (Wildman–Crippen LogP) is 0.380. The molecule has 0 saturated heterocycles. The van der Waals surface area contributed by atoms with E-state index in [9.17, 15) is 4.79 Å². The molecule has 5 N–H and O–H groups in total. The Bertz CT molecular complexity index is 1310. The number of carbonyl (C=O) groups excluding carboxylic acids is 1. The lowest BCUT2D eigenvalue weighted by atomic mass is 10.0. The van der Waals surface area contributed by atoms with E-state index in [0.29, 0.717) is 6.54 Å². The van der Waals surface area contributed by atoms with Crippen LogP contribution in [0.15, 0.2) is 29.5 Å². The minimum atomic E-state index is -0.643. The maximum absolute atomic E-state index is 11.9. The highest BCUT2D eigenvalue weighted by atomic mass is 32.1. The van der Waals surface area contributed by atoms with Gasteiger partial charge in [-0.2, -0.15) is 0 Å². The van der Waals surface area contributed by atoms with Crippen molar-refractivity contribution in [2.75, 3.05) is 31.6 Å². The molecule has 1 atom stereocenters. The van der Waals surface area contributed by atoms with Crippen LogP contribution in [0, 0.1) is 0 Å². The molecule has 1 unspecified atom stereocenters. The van der Waals surface area contributed by atoms with Crippen molar-refractivity contribution in [1.29, 1.82) is 0 Å². The van der Waals surface area contributed by atoms with Gasteiger partial charge in [0, 0.05) is 54.8 Å². The van der Waals surface area contributed by atoms with Gasteiger partial charge in [-0.05, 0) is 43.0 Å². The number of amides is 1. The summed E-state index contributed by atoms with van der Waals surface area (Å²) in [7, 11) is 0.